The van der Waals surface area contributed by atoms with Crippen molar-refractivity contribution < 1.29 is 14.3 Å². The molecule has 174 valence electrons. The molecule has 0 aromatic heterocycles. The maximum atomic E-state index is 13.8. The first kappa shape index (κ1) is 22.8. The summed E-state index contributed by atoms with van der Waals surface area (Å²) in [7, 11) is 2.10. The Morgan fingerprint density at radius 3 is 2.12 bits per heavy atom. The van der Waals surface area contributed by atoms with Gasteiger partial charge in [-0.05, 0) is 44.0 Å². The number of hydrogen-bond acceptors (Lipinski definition) is 5. The van der Waals surface area contributed by atoms with Crippen molar-refractivity contribution in [1.29, 1.82) is 0 Å². The zero-order valence-electron chi connectivity index (χ0n) is 19.6. The van der Waals surface area contributed by atoms with Crippen molar-refractivity contribution in [1.82, 2.24) is 14.7 Å². The van der Waals surface area contributed by atoms with Gasteiger partial charge in [-0.2, -0.15) is 0 Å². The largest absolute Gasteiger partial charge is 0.494 e. The average Bonchev–Trinajstić information content (AvgIpc) is 3.03. The molecule has 32 heavy (non-hydrogen) atoms. The van der Waals surface area contributed by atoms with Crippen LogP contribution in [0.4, 0.5) is 0 Å². The number of piperazine rings is 1. The summed E-state index contributed by atoms with van der Waals surface area (Å²) in [5.74, 6) is 0.592. The number of likely N-dealkylation sites (N-methyl/N-ethyl adjacent to an activating group) is 1. The SMILES string of the molecule is CCCOc1ccc(C2=C(N3CCN(C)CC3)C(=O)N(C3CCCCCCC3)C2=O)cc1. The van der Waals surface area contributed by atoms with Crippen LogP contribution in [0.3, 0.4) is 0 Å². The highest BCUT2D eigenvalue weighted by atomic mass is 16.5. The van der Waals surface area contributed by atoms with Crippen molar-refractivity contribution in [2.24, 2.45) is 0 Å². The highest BCUT2D eigenvalue weighted by molar-refractivity contribution is 6.35. The second-order valence-electron chi connectivity index (χ2n) is 9.37. The van der Waals surface area contributed by atoms with Gasteiger partial charge in [-0.15, -0.1) is 0 Å². The van der Waals surface area contributed by atoms with E-state index in [4.69, 9.17) is 4.74 Å². The van der Waals surface area contributed by atoms with Crippen LogP contribution in [0.5, 0.6) is 5.75 Å². The number of rotatable bonds is 6. The van der Waals surface area contributed by atoms with Crippen molar-refractivity contribution in [3.05, 3.63) is 35.5 Å². The van der Waals surface area contributed by atoms with E-state index in [-0.39, 0.29) is 17.9 Å². The van der Waals surface area contributed by atoms with Gasteiger partial charge in [-0.1, -0.05) is 51.2 Å². The summed E-state index contributed by atoms with van der Waals surface area (Å²) in [4.78, 5) is 33.5. The van der Waals surface area contributed by atoms with Crippen molar-refractivity contribution in [3.8, 4) is 5.75 Å². The smallest absolute Gasteiger partial charge is 0.278 e. The van der Waals surface area contributed by atoms with E-state index in [0.717, 1.165) is 69.6 Å². The molecule has 1 aromatic rings. The van der Waals surface area contributed by atoms with Crippen LogP contribution in [0.25, 0.3) is 5.57 Å². The minimum absolute atomic E-state index is 0.0161. The predicted octanol–water partition coefficient (Wildman–Crippen LogP) is 3.92. The van der Waals surface area contributed by atoms with E-state index in [0.29, 0.717) is 17.9 Å². The highest BCUT2D eigenvalue weighted by Gasteiger charge is 2.44. The summed E-state index contributed by atoms with van der Waals surface area (Å²) in [5.41, 5.74) is 1.99. The molecule has 6 heteroatoms. The van der Waals surface area contributed by atoms with Crippen molar-refractivity contribution in [2.45, 2.75) is 64.3 Å². The van der Waals surface area contributed by atoms with Crippen LogP contribution in [0.1, 0.15) is 63.9 Å². The summed E-state index contributed by atoms with van der Waals surface area (Å²) in [6.07, 6.45) is 8.61. The molecule has 0 unspecified atom stereocenters. The Morgan fingerprint density at radius 1 is 0.875 bits per heavy atom. The molecule has 2 aliphatic heterocycles. The topological polar surface area (TPSA) is 53.1 Å². The van der Waals surface area contributed by atoms with Crippen LogP contribution in [0.15, 0.2) is 30.0 Å². The lowest BCUT2D eigenvalue weighted by Gasteiger charge is -2.35. The van der Waals surface area contributed by atoms with Crippen molar-refractivity contribution >= 4 is 17.4 Å². The predicted molar refractivity (Wildman–Crippen MR) is 126 cm³/mol. The summed E-state index contributed by atoms with van der Waals surface area (Å²) in [6.45, 7) is 6.07. The van der Waals surface area contributed by atoms with E-state index < -0.39 is 0 Å². The van der Waals surface area contributed by atoms with Gasteiger partial charge in [-0.3, -0.25) is 14.5 Å². The third-order valence-corrected chi connectivity index (χ3v) is 6.97. The van der Waals surface area contributed by atoms with Gasteiger partial charge < -0.3 is 14.5 Å². The molecule has 0 spiro atoms. The fourth-order valence-corrected chi connectivity index (χ4v) is 5.08. The van der Waals surface area contributed by atoms with E-state index in [1.54, 1.807) is 4.90 Å². The standard InChI is InChI=1S/C26H37N3O3/c1-3-19-32-22-13-11-20(12-14-22)23-24(28-17-15-27(2)16-18-28)26(31)29(25(23)30)21-9-7-5-4-6-8-10-21/h11-14,21H,3-10,15-19H2,1-2H3. The number of carbonyl (C=O) groups excluding carboxylic acids is 2. The molecular weight excluding hydrogens is 402 g/mol. The summed E-state index contributed by atoms with van der Waals surface area (Å²) >= 11 is 0. The number of benzene rings is 1. The van der Waals surface area contributed by atoms with E-state index in [9.17, 15) is 9.59 Å². The third-order valence-electron chi connectivity index (χ3n) is 6.97. The quantitative estimate of drug-likeness (QED) is 0.629. The molecule has 2 heterocycles. The maximum absolute atomic E-state index is 13.8. The Bertz CT molecular complexity index is 832. The molecule has 1 aliphatic carbocycles. The Balaban J connectivity index is 1.66. The lowest BCUT2D eigenvalue weighted by molar-refractivity contribution is -0.140. The van der Waals surface area contributed by atoms with Gasteiger partial charge in [-0.25, -0.2) is 0 Å². The fraction of sp³-hybridized carbons (Fsp3) is 0.615. The van der Waals surface area contributed by atoms with Gasteiger partial charge in [0.2, 0.25) is 0 Å². The molecule has 0 N–H and O–H groups in total. The Morgan fingerprint density at radius 2 is 1.50 bits per heavy atom. The number of imide groups is 1. The van der Waals surface area contributed by atoms with Crippen LogP contribution in [0, 0.1) is 0 Å². The van der Waals surface area contributed by atoms with E-state index in [1.165, 1.54) is 19.3 Å². The lowest BCUT2D eigenvalue weighted by atomic mass is 9.95. The number of ether oxygens (including phenoxy) is 1. The van der Waals surface area contributed by atoms with Gasteiger partial charge in [0.25, 0.3) is 11.8 Å². The zero-order valence-corrected chi connectivity index (χ0v) is 19.6. The van der Waals surface area contributed by atoms with Crippen molar-refractivity contribution in [3.63, 3.8) is 0 Å². The first-order chi connectivity index (χ1) is 15.6. The van der Waals surface area contributed by atoms with Crippen LogP contribution >= 0.6 is 0 Å². The van der Waals surface area contributed by atoms with Crippen LogP contribution in [-0.2, 0) is 9.59 Å². The van der Waals surface area contributed by atoms with Crippen LogP contribution in [0.2, 0.25) is 0 Å². The van der Waals surface area contributed by atoms with Crippen LogP contribution < -0.4 is 4.74 Å². The monoisotopic (exact) mass is 439 g/mol. The van der Waals surface area contributed by atoms with Gasteiger partial charge in [0, 0.05) is 32.2 Å². The minimum Gasteiger partial charge on any atom is -0.494 e. The van der Waals surface area contributed by atoms with E-state index >= 15 is 0 Å². The Kier molecular flexibility index (Phi) is 7.51. The van der Waals surface area contributed by atoms with E-state index in [1.807, 2.05) is 24.3 Å². The molecule has 6 nitrogen and oxygen atoms in total. The molecular formula is C26H37N3O3. The number of amides is 2. The highest BCUT2D eigenvalue weighted by Crippen LogP contribution is 2.36. The Labute approximate surface area is 192 Å². The summed E-state index contributed by atoms with van der Waals surface area (Å²) in [5, 5.41) is 0. The average molecular weight is 440 g/mol. The first-order valence-corrected chi connectivity index (χ1v) is 12.4. The van der Waals surface area contributed by atoms with Gasteiger partial charge in [0.15, 0.2) is 0 Å². The minimum atomic E-state index is -0.114. The van der Waals surface area contributed by atoms with Gasteiger partial charge in [0.05, 0.1) is 12.2 Å². The molecule has 0 radical (unpaired) electrons. The zero-order chi connectivity index (χ0) is 22.5. The molecule has 0 bridgehead atoms. The molecule has 4 rings (SSSR count). The fourth-order valence-electron chi connectivity index (χ4n) is 5.08. The molecule has 2 amide bonds. The van der Waals surface area contributed by atoms with Crippen LogP contribution in [-0.4, -0.2) is 72.4 Å². The lowest BCUT2D eigenvalue weighted by Crippen LogP contribution is -2.47. The first-order valence-electron chi connectivity index (χ1n) is 12.4. The maximum Gasteiger partial charge on any atom is 0.278 e. The molecule has 0 atom stereocenters. The third kappa shape index (κ3) is 4.85. The van der Waals surface area contributed by atoms with Gasteiger partial charge in [0.1, 0.15) is 11.4 Å². The molecule has 1 aromatic carbocycles. The van der Waals surface area contributed by atoms with Crippen molar-refractivity contribution in [2.75, 3.05) is 39.8 Å². The summed E-state index contributed by atoms with van der Waals surface area (Å²) < 4.78 is 5.72. The Hall–Kier alpha value is -2.34. The number of nitrogens with zero attached hydrogens (tertiary/aromatic N) is 3. The summed E-state index contributed by atoms with van der Waals surface area (Å²) in [6, 6.07) is 7.71. The number of hydrogen-bond donors (Lipinski definition) is 0. The molecule has 1 saturated heterocycles. The second kappa shape index (κ2) is 10.5. The van der Waals surface area contributed by atoms with Gasteiger partial charge >= 0.3 is 0 Å². The normalized spacial score (nSPS) is 21.8. The molecule has 2 fully saturated rings. The second-order valence-corrected chi connectivity index (χ2v) is 9.37. The molecule has 1 saturated carbocycles. The molecule has 3 aliphatic rings. The number of carbonyl (C=O) groups is 2. The van der Waals surface area contributed by atoms with E-state index in [2.05, 4.69) is 23.8 Å².